The fourth-order valence-corrected chi connectivity index (χ4v) is 0.918. The summed E-state index contributed by atoms with van der Waals surface area (Å²) in [5, 5.41) is 11.1. The van der Waals surface area contributed by atoms with E-state index in [2.05, 4.69) is 9.50 Å². The monoisotopic (exact) mass is 183 g/mol. The Bertz CT molecular complexity index is 177. The van der Waals surface area contributed by atoms with Crippen LogP contribution in [-0.2, 0) is 14.3 Å². The Labute approximate surface area is 66.5 Å². The second kappa shape index (κ2) is 5.48. The van der Waals surface area contributed by atoms with Crippen LogP contribution in [0.3, 0.4) is 0 Å². The van der Waals surface area contributed by atoms with Gasteiger partial charge in [-0.2, -0.15) is 8.42 Å². The Kier molecular flexibility index (Phi) is 5.39. The molecule has 0 atom stereocenters. The first-order valence-electron chi connectivity index (χ1n) is 3.25. The zero-order chi connectivity index (χ0) is 8.74. The molecule has 0 aliphatic rings. The van der Waals surface area contributed by atoms with Crippen molar-refractivity contribution in [2.24, 2.45) is 0 Å². The average molecular weight is 183 g/mol. The van der Waals surface area contributed by atoms with Gasteiger partial charge in [0.15, 0.2) is 5.94 Å². The van der Waals surface area contributed by atoms with Gasteiger partial charge in [0.05, 0.1) is 6.61 Å². The molecule has 5 nitrogen and oxygen atoms in total. The molecular weight excluding hydrogens is 170 g/mol. The number of hydrogen-bond donors (Lipinski definition) is 2. The van der Waals surface area contributed by atoms with Crippen LogP contribution >= 0.6 is 0 Å². The van der Waals surface area contributed by atoms with E-state index in [1.165, 1.54) is 0 Å². The van der Waals surface area contributed by atoms with Gasteiger partial charge in [-0.1, -0.05) is 0 Å². The van der Waals surface area contributed by atoms with Gasteiger partial charge in [-0.05, 0) is 20.0 Å². The number of rotatable bonds is 6. The molecule has 0 amide bonds. The maximum absolute atomic E-state index is 10.5. The smallest absolute Gasteiger partial charge is 0.291 e. The van der Waals surface area contributed by atoms with Crippen LogP contribution in [0.4, 0.5) is 0 Å². The highest BCUT2D eigenvalue weighted by Gasteiger charge is 2.06. The molecule has 0 saturated carbocycles. The van der Waals surface area contributed by atoms with Crippen LogP contribution in [0, 0.1) is 0 Å². The van der Waals surface area contributed by atoms with Crippen molar-refractivity contribution in [1.29, 1.82) is 0 Å². The molecule has 0 aliphatic carbocycles. The molecule has 0 rings (SSSR count). The summed E-state index contributed by atoms with van der Waals surface area (Å²) in [6.45, 7) is 0.810. The molecule has 0 spiro atoms. The fraction of sp³-hybridized carbons (Fsp3) is 1.00. The Morgan fingerprint density at radius 2 is 2.18 bits per heavy atom. The lowest BCUT2D eigenvalue weighted by Gasteiger charge is -2.01. The quantitative estimate of drug-likeness (QED) is 0.403. The van der Waals surface area contributed by atoms with Crippen LogP contribution in [0.2, 0.25) is 0 Å². The summed E-state index contributed by atoms with van der Waals surface area (Å²) >= 11 is 0. The fourth-order valence-electron chi connectivity index (χ4n) is 0.472. The average Bonchev–Trinajstić information content (AvgIpc) is 1.99. The zero-order valence-corrected chi connectivity index (χ0v) is 7.23. The van der Waals surface area contributed by atoms with Crippen LogP contribution in [0.5, 0.6) is 0 Å². The van der Waals surface area contributed by atoms with E-state index in [0.29, 0.717) is 13.0 Å². The van der Waals surface area contributed by atoms with Gasteiger partial charge in [0, 0.05) is 0 Å². The van der Waals surface area contributed by atoms with Crippen molar-refractivity contribution >= 4 is 10.1 Å². The predicted octanol–water partition coefficient (Wildman–Crippen LogP) is -1.11. The number of aliphatic hydroxyl groups is 1. The highest BCUT2D eigenvalue weighted by Crippen LogP contribution is 1.91. The molecule has 0 saturated heterocycles. The van der Waals surface area contributed by atoms with Gasteiger partial charge in [0.1, 0.15) is 0 Å². The lowest BCUT2D eigenvalue weighted by Crippen LogP contribution is -2.15. The molecule has 0 heterocycles. The first-order chi connectivity index (χ1) is 5.12. The van der Waals surface area contributed by atoms with Crippen LogP contribution < -0.4 is 5.32 Å². The molecule has 11 heavy (non-hydrogen) atoms. The minimum atomic E-state index is -3.67. The van der Waals surface area contributed by atoms with Gasteiger partial charge in [0.25, 0.3) is 10.1 Å². The number of nitrogens with one attached hydrogen (secondary N) is 1. The summed E-state index contributed by atoms with van der Waals surface area (Å²) in [6.07, 6.45) is 0.607. The van der Waals surface area contributed by atoms with Crippen molar-refractivity contribution in [3.8, 4) is 0 Å². The van der Waals surface area contributed by atoms with Gasteiger partial charge in [-0.15, -0.1) is 0 Å². The van der Waals surface area contributed by atoms with Gasteiger partial charge in [-0.3, -0.25) is 4.18 Å². The van der Waals surface area contributed by atoms with Crippen molar-refractivity contribution in [2.45, 2.75) is 6.42 Å². The number of hydrogen-bond acceptors (Lipinski definition) is 5. The van der Waals surface area contributed by atoms with E-state index in [1.807, 2.05) is 0 Å². The third kappa shape index (κ3) is 6.24. The van der Waals surface area contributed by atoms with Crippen molar-refractivity contribution in [1.82, 2.24) is 5.32 Å². The summed E-state index contributed by atoms with van der Waals surface area (Å²) < 4.78 is 25.3. The van der Waals surface area contributed by atoms with Crippen molar-refractivity contribution in [2.75, 3.05) is 26.1 Å². The SMILES string of the molecule is CNCCCOS(=O)(=O)CO. The van der Waals surface area contributed by atoms with Gasteiger partial charge < -0.3 is 10.4 Å². The molecule has 2 N–H and O–H groups in total. The Morgan fingerprint density at radius 1 is 1.55 bits per heavy atom. The maximum Gasteiger partial charge on any atom is 0.291 e. The van der Waals surface area contributed by atoms with E-state index in [9.17, 15) is 8.42 Å². The lowest BCUT2D eigenvalue weighted by atomic mass is 10.5. The first kappa shape index (κ1) is 10.8. The highest BCUT2D eigenvalue weighted by atomic mass is 32.2. The third-order valence-electron chi connectivity index (χ3n) is 0.992. The molecule has 0 bridgehead atoms. The molecule has 0 aromatic carbocycles. The van der Waals surface area contributed by atoms with Crippen LogP contribution in [0.1, 0.15) is 6.42 Å². The van der Waals surface area contributed by atoms with E-state index in [1.54, 1.807) is 7.05 Å². The number of aliphatic hydroxyl groups excluding tert-OH is 1. The normalized spacial score (nSPS) is 11.8. The van der Waals surface area contributed by atoms with Crippen LogP contribution in [-0.4, -0.2) is 39.7 Å². The summed E-state index contributed by atoms with van der Waals surface area (Å²) in [7, 11) is -1.91. The van der Waals surface area contributed by atoms with Gasteiger partial charge in [-0.25, -0.2) is 0 Å². The Morgan fingerprint density at radius 3 is 2.64 bits per heavy atom. The van der Waals surface area contributed by atoms with E-state index < -0.39 is 16.1 Å². The summed E-state index contributed by atoms with van der Waals surface area (Å²) in [6, 6.07) is 0. The van der Waals surface area contributed by atoms with Crippen molar-refractivity contribution in [3.63, 3.8) is 0 Å². The molecule has 0 unspecified atom stereocenters. The molecule has 0 radical (unpaired) electrons. The molecule has 6 heteroatoms. The maximum atomic E-state index is 10.5. The topological polar surface area (TPSA) is 75.6 Å². The predicted molar refractivity (Wildman–Crippen MR) is 40.5 cm³/mol. The minimum Gasteiger partial charge on any atom is -0.378 e. The van der Waals surface area contributed by atoms with Crippen LogP contribution in [0.25, 0.3) is 0 Å². The summed E-state index contributed by atoms with van der Waals surface area (Å²) in [5.41, 5.74) is 0. The lowest BCUT2D eigenvalue weighted by molar-refractivity contribution is 0.275. The van der Waals surface area contributed by atoms with E-state index in [4.69, 9.17) is 5.11 Å². The Balaban J connectivity index is 3.39. The standard InChI is InChI=1S/C5H13NO4S/c1-6-3-2-4-10-11(8,9)5-7/h6-7H,2-5H2,1H3. The largest absolute Gasteiger partial charge is 0.378 e. The van der Waals surface area contributed by atoms with E-state index in [0.717, 1.165) is 0 Å². The Hall–Kier alpha value is -0.170. The van der Waals surface area contributed by atoms with E-state index in [-0.39, 0.29) is 6.61 Å². The molecule has 0 aliphatic heterocycles. The molecular formula is C5H13NO4S. The first-order valence-corrected chi connectivity index (χ1v) is 4.82. The molecule has 0 aromatic heterocycles. The highest BCUT2D eigenvalue weighted by molar-refractivity contribution is 7.86. The third-order valence-corrected chi connectivity index (χ3v) is 1.83. The minimum absolute atomic E-state index is 0.115. The molecule has 68 valence electrons. The van der Waals surface area contributed by atoms with E-state index >= 15 is 0 Å². The summed E-state index contributed by atoms with van der Waals surface area (Å²) in [5.74, 6) is -0.952. The van der Waals surface area contributed by atoms with Gasteiger partial charge in [0.2, 0.25) is 0 Å². The molecule has 0 aromatic rings. The second-order valence-electron chi connectivity index (χ2n) is 1.97. The zero-order valence-electron chi connectivity index (χ0n) is 6.41. The van der Waals surface area contributed by atoms with Crippen molar-refractivity contribution < 1.29 is 17.7 Å². The summed E-state index contributed by atoms with van der Waals surface area (Å²) in [4.78, 5) is 0. The van der Waals surface area contributed by atoms with Gasteiger partial charge >= 0.3 is 0 Å². The van der Waals surface area contributed by atoms with Crippen molar-refractivity contribution in [3.05, 3.63) is 0 Å². The molecule has 0 fully saturated rings. The second-order valence-corrected chi connectivity index (χ2v) is 3.58. The van der Waals surface area contributed by atoms with Crippen LogP contribution in [0.15, 0.2) is 0 Å².